The summed E-state index contributed by atoms with van der Waals surface area (Å²) in [7, 11) is -8.12. The first-order chi connectivity index (χ1) is 6.48. The molecule has 0 aromatic heterocycles. The summed E-state index contributed by atoms with van der Waals surface area (Å²) in [6, 6.07) is 0. The zero-order valence-corrected chi connectivity index (χ0v) is 15.8. The third kappa shape index (κ3) is 38.2. The molecule has 0 unspecified atom stereocenters. The molecule has 0 aliphatic carbocycles. The van der Waals surface area contributed by atoms with Crippen LogP contribution in [0.4, 0.5) is 0 Å². The van der Waals surface area contributed by atoms with E-state index in [9.17, 15) is 25.9 Å². The smallest absolute Gasteiger partial charge is 0.748 e. The molecule has 0 atom stereocenters. The predicted octanol–water partition coefficient (Wildman–Crippen LogP) is -6.17. The van der Waals surface area contributed by atoms with E-state index in [1.807, 2.05) is 0 Å². The van der Waals surface area contributed by atoms with Crippen molar-refractivity contribution in [2.45, 2.75) is 6.92 Å². The molecule has 0 N–H and O–H groups in total. The molecule has 90 valence electrons. The number of rotatable bonds is 4. The molecule has 0 radical (unpaired) electrons. The summed E-state index contributed by atoms with van der Waals surface area (Å²) in [5.41, 5.74) is 0.375. The second-order valence-electron chi connectivity index (χ2n) is 2.67. The zero-order valence-electron chi connectivity index (χ0n) is 10.2. The first-order valence-electron chi connectivity index (χ1n) is 3.60. The van der Waals surface area contributed by atoms with Crippen molar-refractivity contribution < 1.29 is 85.1 Å². The van der Waals surface area contributed by atoms with Gasteiger partial charge in [0.1, 0.15) is 0 Å². The van der Waals surface area contributed by atoms with E-state index in [4.69, 9.17) is 0 Å². The van der Waals surface area contributed by atoms with Crippen LogP contribution in [-0.2, 0) is 20.2 Å². The van der Waals surface area contributed by atoms with Crippen LogP contribution in [0.5, 0.6) is 0 Å². The van der Waals surface area contributed by atoms with Crippen LogP contribution in [0.15, 0.2) is 24.8 Å². The maximum absolute atomic E-state index is 9.83. The van der Waals surface area contributed by atoms with Crippen molar-refractivity contribution in [2.24, 2.45) is 0 Å². The average Bonchev–Trinajstić information content (AvgIpc) is 1.77. The quantitative estimate of drug-likeness (QED) is 0.290. The van der Waals surface area contributed by atoms with Crippen LogP contribution in [-0.4, -0.2) is 37.4 Å². The van der Waals surface area contributed by atoms with Gasteiger partial charge in [0.2, 0.25) is 0 Å². The molecule has 0 saturated carbocycles. The normalized spacial score (nSPS) is 9.82. The summed E-state index contributed by atoms with van der Waals surface area (Å²) in [5, 5.41) is 0. The van der Waals surface area contributed by atoms with E-state index in [1.165, 1.54) is 6.92 Å². The largest absolute Gasteiger partial charge is 1.00 e. The van der Waals surface area contributed by atoms with Gasteiger partial charge in [-0.1, -0.05) is 18.2 Å². The van der Waals surface area contributed by atoms with Crippen LogP contribution in [0, 0.1) is 0 Å². The van der Waals surface area contributed by atoms with Crippen LogP contribution < -0.4 is 59.1 Å². The molecule has 10 heteroatoms. The van der Waals surface area contributed by atoms with Gasteiger partial charge in [-0.15, -0.1) is 6.58 Å². The summed E-state index contributed by atoms with van der Waals surface area (Å²) in [4.78, 5) is 0. The molecule has 0 spiro atoms. The van der Waals surface area contributed by atoms with Gasteiger partial charge in [-0.2, -0.15) is 0 Å². The van der Waals surface area contributed by atoms with E-state index < -0.39 is 31.7 Å². The van der Waals surface area contributed by atoms with Crippen LogP contribution in [0.2, 0.25) is 0 Å². The minimum atomic E-state index is -4.07. The molecule has 0 aromatic carbocycles. The molecular formula is C7H12Na2O6S2. The van der Waals surface area contributed by atoms with Crippen LogP contribution in [0.3, 0.4) is 0 Å². The van der Waals surface area contributed by atoms with Gasteiger partial charge in [0.05, 0.1) is 31.7 Å². The summed E-state index contributed by atoms with van der Waals surface area (Å²) in [5.74, 6) is -0.931. The molecule has 0 aliphatic heterocycles. The fourth-order valence-corrected chi connectivity index (χ4v) is 1.34. The molecule has 0 aliphatic rings. The molecule has 0 heterocycles. The third-order valence-corrected chi connectivity index (χ3v) is 2.24. The van der Waals surface area contributed by atoms with Gasteiger partial charge in [0.25, 0.3) is 0 Å². The number of hydrogen-bond donors (Lipinski definition) is 0. The minimum Gasteiger partial charge on any atom is -0.748 e. The Morgan fingerprint density at radius 1 is 1.12 bits per heavy atom. The van der Waals surface area contributed by atoms with Gasteiger partial charge >= 0.3 is 59.1 Å². The molecule has 0 amide bonds. The average molecular weight is 302 g/mol. The summed E-state index contributed by atoms with van der Waals surface area (Å²) in [6.07, 6.45) is 1.06. The van der Waals surface area contributed by atoms with Gasteiger partial charge in [-0.3, -0.25) is 0 Å². The Morgan fingerprint density at radius 3 is 1.47 bits per heavy atom. The Morgan fingerprint density at radius 2 is 1.47 bits per heavy atom. The zero-order chi connectivity index (χ0) is 12.7. The summed E-state index contributed by atoms with van der Waals surface area (Å²) in [6.45, 7) is 7.82. The van der Waals surface area contributed by atoms with Crippen LogP contribution >= 0.6 is 0 Å². The fraction of sp³-hybridized carbons (Fsp3) is 0.429. The molecule has 0 saturated heterocycles. The molecule has 6 nitrogen and oxygen atoms in total. The van der Waals surface area contributed by atoms with Crippen molar-refractivity contribution >= 4 is 20.2 Å². The second-order valence-corrected chi connectivity index (χ2v) is 5.52. The van der Waals surface area contributed by atoms with E-state index in [1.54, 1.807) is 0 Å². The first kappa shape index (κ1) is 26.8. The van der Waals surface area contributed by atoms with E-state index >= 15 is 0 Å². The van der Waals surface area contributed by atoms with Gasteiger partial charge in [-0.25, -0.2) is 16.8 Å². The predicted molar refractivity (Wildman–Crippen MR) is 54.1 cm³/mol. The third-order valence-electron chi connectivity index (χ3n) is 0.745. The Labute approximate surface area is 147 Å². The second kappa shape index (κ2) is 12.3. The molecule has 0 aromatic rings. The first-order valence-corrected chi connectivity index (χ1v) is 6.76. The molecule has 0 bridgehead atoms. The van der Waals surface area contributed by atoms with E-state index in [-0.39, 0.29) is 59.1 Å². The van der Waals surface area contributed by atoms with Crippen molar-refractivity contribution in [1.29, 1.82) is 0 Å². The van der Waals surface area contributed by atoms with Crippen LogP contribution in [0.25, 0.3) is 0 Å². The number of hydrogen-bond acceptors (Lipinski definition) is 6. The standard InChI is InChI=1S/C4H8O3S.C3H6O3S.2Na/c1-4(2)3-8(5,6)7;1-2-3-7(4,5)6;;/h1,3H2,2H3,(H,5,6,7);2H,1,3H2,(H,4,5,6);;/q;;2*+1/p-2. The summed E-state index contributed by atoms with van der Waals surface area (Å²) >= 11 is 0. The topological polar surface area (TPSA) is 114 Å². The van der Waals surface area contributed by atoms with Crippen molar-refractivity contribution in [1.82, 2.24) is 0 Å². The maximum atomic E-state index is 9.83. The van der Waals surface area contributed by atoms with E-state index in [2.05, 4.69) is 13.2 Å². The molecule has 17 heavy (non-hydrogen) atoms. The van der Waals surface area contributed by atoms with Gasteiger partial charge in [0, 0.05) is 0 Å². The van der Waals surface area contributed by atoms with Crippen molar-refractivity contribution in [3.05, 3.63) is 24.8 Å². The van der Waals surface area contributed by atoms with E-state index in [0.717, 1.165) is 6.08 Å². The van der Waals surface area contributed by atoms with Crippen molar-refractivity contribution in [3.63, 3.8) is 0 Å². The Bertz CT molecular complexity index is 412. The monoisotopic (exact) mass is 302 g/mol. The molecular weight excluding hydrogens is 290 g/mol. The Kier molecular flexibility index (Phi) is 19.4. The fourth-order valence-electron chi connectivity index (χ4n) is 0.446. The van der Waals surface area contributed by atoms with Crippen molar-refractivity contribution in [3.8, 4) is 0 Å². The van der Waals surface area contributed by atoms with Gasteiger partial charge in [-0.05, 0) is 6.92 Å². The maximum Gasteiger partial charge on any atom is 1.00 e. The van der Waals surface area contributed by atoms with Gasteiger partial charge in [0.15, 0.2) is 0 Å². The van der Waals surface area contributed by atoms with E-state index in [0.29, 0.717) is 5.57 Å². The van der Waals surface area contributed by atoms with Crippen molar-refractivity contribution in [2.75, 3.05) is 11.5 Å². The Balaban J connectivity index is -0.0000000896. The Hall–Kier alpha value is 1.30. The van der Waals surface area contributed by atoms with Gasteiger partial charge < -0.3 is 9.11 Å². The SMILES string of the molecule is C=C(C)CS(=O)(=O)[O-].C=CCS(=O)(=O)[O-].[Na+].[Na+]. The van der Waals surface area contributed by atoms with Crippen LogP contribution in [0.1, 0.15) is 6.92 Å². The molecule has 0 fully saturated rings. The summed E-state index contributed by atoms with van der Waals surface area (Å²) < 4.78 is 58.3. The minimum absolute atomic E-state index is 0. The molecule has 0 rings (SSSR count).